The van der Waals surface area contributed by atoms with Crippen molar-refractivity contribution < 1.29 is 28.2 Å². The van der Waals surface area contributed by atoms with Gasteiger partial charge in [-0.1, -0.05) is 24.3 Å². The van der Waals surface area contributed by atoms with Crippen LogP contribution in [-0.2, 0) is 4.79 Å². The zero-order valence-corrected chi connectivity index (χ0v) is 16.9. The minimum Gasteiger partial charge on any atom is -0.495 e. The molecule has 0 aliphatic rings. The van der Waals surface area contributed by atoms with Crippen LogP contribution in [0.3, 0.4) is 0 Å². The molecule has 7 nitrogen and oxygen atoms in total. The van der Waals surface area contributed by atoms with E-state index in [-0.39, 0.29) is 12.5 Å². The van der Waals surface area contributed by atoms with Gasteiger partial charge in [0.05, 0.1) is 27.0 Å². The van der Waals surface area contributed by atoms with Gasteiger partial charge in [0.25, 0.3) is 5.91 Å². The van der Waals surface area contributed by atoms with E-state index in [1.54, 1.807) is 31.4 Å². The Hall–Kier alpha value is -3.87. The van der Waals surface area contributed by atoms with Crippen molar-refractivity contribution in [3.05, 3.63) is 54.6 Å². The number of nitrogens with one attached hydrogen (secondary N) is 1. The standard InChI is InChI=1S/C23H21NO6/c1-26-18-9-6-10-19(27-2)23(18)29-13-22(25)24-16-12-20-15(11-21(16)28-3)14-7-4-5-8-17(14)30-20/h4-12H,13H2,1-3H3,(H,24,25). The summed E-state index contributed by atoms with van der Waals surface area (Å²) in [7, 11) is 4.60. The molecule has 4 aromatic rings. The van der Waals surface area contributed by atoms with E-state index in [9.17, 15) is 4.79 Å². The van der Waals surface area contributed by atoms with E-state index in [2.05, 4.69) is 5.32 Å². The molecule has 0 fully saturated rings. The molecule has 0 aliphatic heterocycles. The van der Waals surface area contributed by atoms with E-state index < -0.39 is 0 Å². The summed E-state index contributed by atoms with van der Waals surface area (Å²) in [5.41, 5.74) is 1.91. The molecule has 0 radical (unpaired) electrons. The zero-order chi connectivity index (χ0) is 21.1. The Morgan fingerprint density at radius 1 is 0.833 bits per heavy atom. The van der Waals surface area contributed by atoms with Crippen molar-refractivity contribution in [2.24, 2.45) is 0 Å². The third-order valence-corrected chi connectivity index (χ3v) is 4.70. The van der Waals surface area contributed by atoms with Crippen LogP contribution in [0.15, 0.2) is 59.0 Å². The number of benzene rings is 3. The quantitative estimate of drug-likeness (QED) is 0.481. The number of rotatable bonds is 7. The van der Waals surface area contributed by atoms with Crippen LogP contribution in [0.5, 0.6) is 23.0 Å². The van der Waals surface area contributed by atoms with Crippen LogP contribution in [0.25, 0.3) is 21.9 Å². The highest BCUT2D eigenvalue weighted by Gasteiger charge is 2.16. The highest BCUT2D eigenvalue weighted by Crippen LogP contribution is 2.38. The molecule has 1 aromatic heterocycles. The lowest BCUT2D eigenvalue weighted by Crippen LogP contribution is -2.21. The summed E-state index contributed by atoms with van der Waals surface area (Å²) < 4.78 is 27.6. The molecule has 3 aromatic carbocycles. The van der Waals surface area contributed by atoms with Gasteiger partial charge in [-0.05, 0) is 24.3 Å². The van der Waals surface area contributed by atoms with Crippen LogP contribution in [0, 0.1) is 0 Å². The molecule has 0 bridgehead atoms. The first-order valence-electron chi connectivity index (χ1n) is 9.27. The number of methoxy groups -OCH3 is 3. The van der Waals surface area contributed by atoms with Crippen molar-refractivity contribution in [1.82, 2.24) is 0 Å². The normalized spacial score (nSPS) is 10.8. The average molecular weight is 407 g/mol. The Labute approximate surface area is 173 Å². The summed E-state index contributed by atoms with van der Waals surface area (Å²) in [4.78, 5) is 12.6. The van der Waals surface area contributed by atoms with Crippen molar-refractivity contribution in [1.29, 1.82) is 0 Å². The fourth-order valence-corrected chi connectivity index (χ4v) is 3.30. The lowest BCUT2D eigenvalue weighted by atomic mass is 10.1. The average Bonchev–Trinajstić information content (AvgIpc) is 3.14. The topological polar surface area (TPSA) is 79.2 Å². The molecular formula is C23H21NO6. The predicted molar refractivity (Wildman–Crippen MR) is 114 cm³/mol. The van der Waals surface area contributed by atoms with E-state index >= 15 is 0 Å². The second kappa shape index (κ2) is 8.24. The summed E-state index contributed by atoms with van der Waals surface area (Å²) in [5, 5.41) is 4.71. The lowest BCUT2D eigenvalue weighted by Gasteiger charge is -2.14. The second-order valence-electron chi connectivity index (χ2n) is 6.48. The Balaban J connectivity index is 1.57. The Kier molecular flexibility index (Phi) is 5.34. The first-order chi connectivity index (χ1) is 14.6. The van der Waals surface area contributed by atoms with E-state index in [1.807, 2.05) is 30.3 Å². The molecule has 1 amide bonds. The van der Waals surface area contributed by atoms with Gasteiger partial charge in [-0.3, -0.25) is 4.79 Å². The van der Waals surface area contributed by atoms with Gasteiger partial charge in [-0.2, -0.15) is 0 Å². The lowest BCUT2D eigenvalue weighted by molar-refractivity contribution is -0.118. The van der Waals surface area contributed by atoms with Crippen LogP contribution in [0.4, 0.5) is 5.69 Å². The third-order valence-electron chi connectivity index (χ3n) is 4.70. The van der Waals surface area contributed by atoms with Crippen molar-refractivity contribution in [2.75, 3.05) is 33.3 Å². The molecule has 7 heteroatoms. The van der Waals surface area contributed by atoms with Crippen molar-refractivity contribution >= 4 is 33.5 Å². The molecule has 0 spiro atoms. The fraction of sp³-hybridized carbons (Fsp3) is 0.174. The van der Waals surface area contributed by atoms with Crippen molar-refractivity contribution in [3.8, 4) is 23.0 Å². The van der Waals surface area contributed by atoms with Gasteiger partial charge in [0.15, 0.2) is 18.1 Å². The number of para-hydroxylation sites is 2. The Bertz CT molecular complexity index is 1190. The molecule has 0 unspecified atom stereocenters. The number of hydrogen-bond acceptors (Lipinski definition) is 6. The highest BCUT2D eigenvalue weighted by molar-refractivity contribution is 6.07. The van der Waals surface area contributed by atoms with Gasteiger partial charge in [0, 0.05) is 16.8 Å². The van der Waals surface area contributed by atoms with Gasteiger partial charge < -0.3 is 28.7 Å². The number of amides is 1. The van der Waals surface area contributed by atoms with Gasteiger partial charge in [0.2, 0.25) is 5.75 Å². The SMILES string of the molecule is COc1cc2c(cc1NC(=O)COc1c(OC)cccc1OC)oc1ccccc12. The van der Waals surface area contributed by atoms with E-state index in [0.29, 0.717) is 34.3 Å². The summed E-state index contributed by atoms with van der Waals surface area (Å²) in [6.45, 7) is -0.238. The predicted octanol–water partition coefficient (Wildman–Crippen LogP) is 4.63. The monoisotopic (exact) mass is 407 g/mol. The molecular weight excluding hydrogens is 386 g/mol. The molecule has 0 aliphatic carbocycles. The van der Waals surface area contributed by atoms with Crippen molar-refractivity contribution in [3.63, 3.8) is 0 Å². The van der Waals surface area contributed by atoms with E-state index in [1.165, 1.54) is 14.2 Å². The fourth-order valence-electron chi connectivity index (χ4n) is 3.30. The number of carbonyl (C=O) groups is 1. The molecule has 0 atom stereocenters. The summed E-state index contributed by atoms with van der Waals surface area (Å²) in [6.07, 6.45) is 0. The Morgan fingerprint density at radius 2 is 1.53 bits per heavy atom. The molecule has 0 saturated heterocycles. The Morgan fingerprint density at radius 3 is 2.23 bits per heavy atom. The molecule has 30 heavy (non-hydrogen) atoms. The van der Waals surface area contributed by atoms with Gasteiger partial charge in [-0.25, -0.2) is 0 Å². The number of furan rings is 1. The number of ether oxygens (including phenoxy) is 4. The number of fused-ring (bicyclic) bond motifs is 3. The van der Waals surface area contributed by atoms with E-state index in [0.717, 1.165) is 16.4 Å². The largest absolute Gasteiger partial charge is 0.495 e. The zero-order valence-electron chi connectivity index (χ0n) is 16.9. The first-order valence-corrected chi connectivity index (χ1v) is 9.27. The summed E-state index contributed by atoms with van der Waals surface area (Å²) >= 11 is 0. The summed E-state index contributed by atoms with van der Waals surface area (Å²) in [5.74, 6) is 1.47. The van der Waals surface area contributed by atoms with E-state index in [4.69, 9.17) is 23.4 Å². The molecule has 1 heterocycles. The minimum atomic E-state index is -0.364. The van der Waals surface area contributed by atoms with Crippen molar-refractivity contribution in [2.45, 2.75) is 0 Å². The molecule has 154 valence electrons. The van der Waals surface area contributed by atoms with Crippen LogP contribution >= 0.6 is 0 Å². The minimum absolute atomic E-state index is 0.238. The van der Waals surface area contributed by atoms with Gasteiger partial charge in [0.1, 0.15) is 16.9 Å². The maximum Gasteiger partial charge on any atom is 0.262 e. The highest BCUT2D eigenvalue weighted by atomic mass is 16.5. The number of carbonyl (C=O) groups excluding carboxylic acids is 1. The van der Waals surface area contributed by atoms with Crippen LogP contribution < -0.4 is 24.3 Å². The van der Waals surface area contributed by atoms with Gasteiger partial charge in [-0.15, -0.1) is 0 Å². The number of hydrogen-bond donors (Lipinski definition) is 1. The second-order valence-corrected chi connectivity index (χ2v) is 6.48. The van der Waals surface area contributed by atoms with Gasteiger partial charge >= 0.3 is 0 Å². The molecule has 1 N–H and O–H groups in total. The maximum absolute atomic E-state index is 12.6. The number of anilines is 1. The third kappa shape index (κ3) is 3.57. The smallest absolute Gasteiger partial charge is 0.262 e. The van der Waals surface area contributed by atoms with Crippen LogP contribution in [0.1, 0.15) is 0 Å². The molecule has 4 rings (SSSR count). The first kappa shape index (κ1) is 19.4. The van der Waals surface area contributed by atoms with Crippen LogP contribution in [0.2, 0.25) is 0 Å². The maximum atomic E-state index is 12.6. The molecule has 0 saturated carbocycles. The summed E-state index contributed by atoms with van der Waals surface area (Å²) in [6, 6.07) is 16.6. The van der Waals surface area contributed by atoms with Crippen LogP contribution in [-0.4, -0.2) is 33.8 Å².